The third-order valence-electron chi connectivity index (χ3n) is 3.21. The van der Waals surface area contributed by atoms with Crippen LogP contribution < -0.4 is 0 Å². The highest BCUT2D eigenvalue weighted by molar-refractivity contribution is 7.10. The van der Waals surface area contributed by atoms with Gasteiger partial charge in [-0.2, -0.15) is 0 Å². The maximum Gasteiger partial charge on any atom is 0.305 e. The van der Waals surface area contributed by atoms with Crippen LogP contribution in [0.25, 0.3) is 0 Å². The molecule has 0 aliphatic carbocycles. The van der Waals surface area contributed by atoms with Crippen molar-refractivity contribution < 1.29 is 14.6 Å². The standard InChI is InChI=1S/C13H18ClNO3S/c14-10-7-12(19-9-10)8-15-4-1-11(2-5-15)18-6-3-13(16)17/h7,9,11H,1-6,8H2,(H,16,17). The number of hydrogen-bond acceptors (Lipinski definition) is 4. The van der Waals surface area contributed by atoms with Crippen LogP contribution in [0.5, 0.6) is 0 Å². The summed E-state index contributed by atoms with van der Waals surface area (Å²) in [6.45, 7) is 3.25. The number of thiophene rings is 1. The van der Waals surface area contributed by atoms with Crippen LogP contribution in [0.4, 0.5) is 0 Å². The normalized spacial score (nSPS) is 17.7. The average Bonchev–Trinajstić information content (AvgIpc) is 2.77. The molecule has 1 aliphatic rings. The lowest BCUT2D eigenvalue weighted by Crippen LogP contribution is -2.36. The molecule has 0 aromatic carbocycles. The Morgan fingerprint density at radius 1 is 1.53 bits per heavy atom. The molecule has 2 rings (SSSR count). The fourth-order valence-corrected chi connectivity index (χ4v) is 3.32. The molecule has 1 aliphatic heterocycles. The Labute approximate surface area is 121 Å². The summed E-state index contributed by atoms with van der Waals surface area (Å²) in [5, 5.41) is 11.3. The molecule has 0 spiro atoms. The molecular formula is C13H18ClNO3S. The van der Waals surface area contributed by atoms with E-state index in [1.807, 2.05) is 11.4 Å². The molecule has 6 heteroatoms. The van der Waals surface area contributed by atoms with E-state index < -0.39 is 5.97 Å². The van der Waals surface area contributed by atoms with E-state index in [1.54, 1.807) is 11.3 Å². The Bertz CT molecular complexity index is 416. The molecule has 1 fully saturated rings. The second-order valence-corrected chi connectivity index (χ2v) is 6.15. The molecule has 0 atom stereocenters. The third kappa shape index (κ3) is 5.10. The molecule has 0 radical (unpaired) electrons. The van der Waals surface area contributed by atoms with Crippen molar-refractivity contribution in [3.63, 3.8) is 0 Å². The van der Waals surface area contributed by atoms with E-state index >= 15 is 0 Å². The highest BCUT2D eigenvalue weighted by Gasteiger charge is 2.20. The first-order valence-electron chi connectivity index (χ1n) is 6.42. The Morgan fingerprint density at radius 2 is 2.26 bits per heavy atom. The maximum absolute atomic E-state index is 10.4. The lowest BCUT2D eigenvalue weighted by molar-refractivity contribution is -0.138. The number of aliphatic carboxylic acids is 1. The molecule has 0 unspecified atom stereocenters. The number of ether oxygens (including phenoxy) is 1. The molecule has 2 heterocycles. The van der Waals surface area contributed by atoms with E-state index in [4.69, 9.17) is 21.4 Å². The van der Waals surface area contributed by atoms with Crippen molar-refractivity contribution in [2.45, 2.75) is 31.9 Å². The summed E-state index contributed by atoms with van der Waals surface area (Å²) >= 11 is 7.60. The van der Waals surface area contributed by atoms with Gasteiger partial charge in [0.1, 0.15) is 0 Å². The lowest BCUT2D eigenvalue weighted by atomic mass is 10.1. The monoisotopic (exact) mass is 303 g/mol. The van der Waals surface area contributed by atoms with Crippen molar-refractivity contribution in [3.8, 4) is 0 Å². The molecular weight excluding hydrogens is 286 g/mol. The minimum absolute atomic E-state index is 0.0912. The van der Waals surface area contributed by atoms with E-state index in [0.29, 0.717) is 6.61 Å². The molecule has 1 aromatic rings. The van der Waals surface area contributed by atoms with Crippen LogP contribution in [0.3, 0.4) is 0 Å². The summed E-state index contributed by atoms with van der Waals surface area (Å²) in [5.74, 6) is -0.799. The molecule has 19 heavy (non-hydrogen) atoms. The van der Waals surface area contributed by atoms with Gasteiger partial charge >= 0.3 is 5.97 Å². The van der Waals surface area contributed by atoms with E-state index in [2.05, 4.69) is 4.90 Å². The predicted octanol–water partition coefficient (Wildman–Crippen LogP) is 2.86. The second-order valence-electron chi connectivity index (χ2n) is 4.72. The number of likely N-dealkylation sites (tertiary alicyclic amines) is 1. The Kier molecular flexibility index (Phi) is 5.63. The van der Waals surface area contributed by atoms with Crippen LogP contribution >= 0.6 is 22.9 Å². The van der Waals surface area contributed by atoms with Crippen molar-refractivity contribution in [2.75, 3.05) is 19.7 Å². The zero-order valence-electron chi connectivity index (χ0n) is 10.7. The van der Waals surface area contributed by atoms with Crippen molar-refractivity contribution in [1.29, 1.82) is 0 Å². The molecule has 0 amide bonds. The number of carboxylic acids is 1. The zero-order chi connectivity index (χ0) is 13.7. The summed E-state index contributed by atoms with van der Waals surface area (Å²) in [6, 6.07) is 2.02. The van der Waals surface area contributed by atoms with Gasteiger partial charge in [-0.05, 0) is 18.9 Å². The number of piperidine rings is 1. The van der Waals surface area contributed by atoms with E-state index in [9.17, 15) is 4.79 Å². The summed E-state index contributed by atoms with van der Waals surface area (Å²) < 4.78 is 5.57. The molecule has 1 N–H and O–H groups in total. The van der Waals surface area contributed by atoms with Crippen molar-refractivity contribution in [1.82, 2.24) is 4.90 Å². The number of hydrogen-bond donors (Lipinski definition) is 1. The number of halogens is 1. The summed E-state index contributed by atoms with van der Waals surface area (Å²) in [6.07, 6.45) is 2.24. The van der Waals surface area contributed by atoms with Crippen LogP contribution in [-0.2, 0) is 16.1 Å². The molecule has 0 saturated carbocycles. The zero-order valence-corrected chi connectivity index (χ0v) is 12.3. The Hall–Kier alpha value is -0.620. The fraction of sp³-hybridized carbons (Fsp3) is 0.615. The van der Waals surface area contributed by atoms with E-state index in [0.717, 1.165) is 37.5 Å². The van der Waals surface area contributed by atoms with Crippen LogP contribution in [0, 0.1) is 0 Å². The topological polar surface area (TPSA) is 49.8 Å². The van der Waals surface area contributed by atoms with Gasteiger partial charge in [-0.1, -0.05) is 11.6 Å². The lowest BCUT2D eigenvalue weighted by Gasteiger charge is -2.31. The van der Waals surface area contributed by atoms with E-state index in [-0.39, 0.29) is 12.5 Å². The number of carboxylic acid groups (broad SMARTS) is 1. The first kappa shape index (κ1) is 14.8. The molecule has 4 nitrogen and oxygen atoms in total. The largest absolute Gasteiger partial charge is 0.481 e. The average molecular weight is 304 g/mol. The SMILES string of the molecule is O=C(O)CCOC1CCN(Cc2cc(Cl)cs2)CC1. The van der Waals surface area contributed by atoms with Gasteiger partial charge in [-0.25, -0.2) is 0 Å². The quantitative estimate of drug-likeness (QED) is 0.878. The summed E-state index contributed by atoms with van der Waals surface area (Å²) in [7, 11) is 0. The number of rotatable bonds is 6. The first-order chi connectivity index (χ1) is 9.13. The molecule has 1 aromatic heterocycles. The van der Waals surface area contributed by atoms with Crippen LogP contribution in [0.2, 0.25) is 5.02 Å². The highest BCUT2D eigenvalue weighted by Crippen LogP contribution is 2.22. The van der Waals surface area contributed by atoms with Gasteiger partial charge in [-0.15, -0.1) is 11.3 Å². The minimum atomic E-state index is -0.799. The van der Waals surface area contributed by atoms with Crippen molar-refractivity contribution in [3.05, 3.63) is 21.3 Å². The summed E-state index contributed by atoms with van der Waals surface area (Å²) in [5.41, 5.74) is 0. The van der Waals surface area contributed by atoms with Crippen LogP contribution in [0.15, 0.2) is 11.4 Å². The van der Waals surface area contributed by atoms with Gasteiger partial charge in [0.2, 0.25) is 0 Å². The number of nitrogens with zero attached hydrogens (tertiary/aromatic N) is 1. The van der Waals surface area contributed by atoms with Gasteiger partial charge in [0.05, 0.1) is 24.2 Å². The molecule has 0 bridgehead atoms. The summed E-state index contributed by atoms with van der Waals surface area (Å²) in [4.78, 5) is 14.1. The van der Waals surface area contributed by atoms with Gasteiger partial charge in [0.15, 0.2) is 0 Å². The third-order valence-corrected chi connectivity index (χ3v) is 4.47. The molecule has 1 saturated heterocycles. The van der Waals surface area contributed by atoms with Gasteiger partial charge in [-0.3, -0.25) is 9.69 Å². The Morgan fingerprint density at radius 3 is 2.84 bits per heavy atom. The molecule has 106 valence electrons. The fourth-order valence-electron chi connectivity index (χ4n) is 2.20. The number of carbonyl (C=O) groups is 1. The van der Waals surface area contributed by atoms with Crippen LogP contribution in [0.1, 0.15) is 24.1 Å². The Balaban J connectivity index is 1.66. The minimum Gasteiger partial charge on any atom is -0.481 e. The predicted molar refractivity (Wildman–Crippen MR) is 75.8 cm³/mol. The highest BCUT2D eigenvalue weighted by atomic mass is 35.5. The van der Waals surface area contributed by atoms with Crippen molar-refractivity contribution in [2.24, 2.45) is 0 Å². The smallest absolute Gasteiger partial charge is 0.305 e. The second kappa shape index (κ2) is 7.24. The van der Waals surface area contributed by atoms with Gasteiger partial charge < -0.3 is 9.84 Å². The van der Waals surface area contributed by atoms with Gasteiger partial charge in [0.25, 0.3) is 0 Å². The van der Waals surface area contributed by atoms with E-state index in [1.165, 1.54) is 4.88 Å². The first-order valence-corrected chi connectivity index (χ1v) is 7.68. The van der Waals surface area contributed by atoms with Crippen LogP contribution in [-0.4, -0.2) is 41.8 Å². The van der Waals surface area contributed by atoms with Crippen molar-refractivity contribution >= 4 is 28.9 Å². The maximum atomic E-state index is 10.4. The van der Waals surface area contributed by atoms with Gasteiger partial charge in [0, 0.05) is 29.9 Å².